The molecule has 0 heterocycles. The van der Waals surface area contributed by atoms with Gasteiger partial charge in [0.1, 0.15) is 0 Å². The van der Waals surface area contributed by atoms with Crippen LogP contribution in [-0.2, 0) is 24.7 Å². The molecule has 0 aliphatic carbocycles. The number of benzene rings is 4. The van der Waals surface area contributed by atoms with Crippen LogP contribution in [-0.4, -0.2) is 0 Å². The van der Waals surface area contributed by atoms with Gasteiger partial charge < -0.3 is 0 Å². The van der Waals surface area contributed by atoms with Crippen molar-refractivity contribution in [1.82, 2.24) is 0 Å². The number of rotatable bonds is 7. The van der Waals surface area contributed by atoms with Crippen molar-refractivity contribution >= 4 is 0 Å². The first kappa shape index (κ1) is 27.9. The second-order valence-electron chi connectivity index (χ2n) is 13.3. The van der Waals surface area contributed by atoms with Crippen molar-refractivity contribution in [2.75, 3.05) is 0 Å². The molecule has 0 spiro atoms. The first-order chi connectivity index (χ1) is 17.9. The van der Waals surface area contributed by atoms with E-state index < -0.39 is 0 Å². The lowest BCUT2D eigenvalue weighted by Gasteiger charge is -2.21. The molecule has 4 aromatic rings. The fraction of sp³-hybridized carbons (Fsp3) is 0.368. The maximum Gasteiger partial charge on any atom is 0.00610 e. The predicted octanol–water partition coefficient (Wildman–Crippen LogP) is 10.5. The van der Waals surface area contributed by atoms with Crippen molar-refractivity contribution < 1.29 is 0 Å². The maximum atomic E-state index is 2.40. The summed E-state index contributed by atoms with van der Waals surface area (Å²) in [7, 11) is 0. The monoisotopic (exact) mass is 502 g/mol. The lowest BCUT2D eigenvalue weighted by atomic mass is 9.84. The summed E-state index contributed by atoms with van der Waals surface area (Å²) in [6.45, 7) is 18.3. The van der Waals surface area contributed by atoms with E-state index in [4.69, 9.17) is 0 Å². The van der Waals surface area contributed by atoms with Crippen LogP contribution in [0.4, 0.5) is 0 Å². The Labute approximate surface area is 232 Å². The van der Waals surface area contributed by atoms with Crippen LogP contribution in [0.3, 0.4) is 0 Å². The van der Waals surface area contributed by atoms with E-state index in [1.807, 2.05) is 0 Å². The standard InChI is InChI=1S/C38H46/c1-9-30-25-34(18-19-35(30)26-37(3,4)5)33-16-12-29(13-17-33)24-28-10-14-31(15-11-28)27(2)32-20-22-36(23-21-32)38(6,7)8/h10-23,25,27H,9,24,26H2,1-8H3. The molecule has 0 amide bonds. The van der Waals surface area contributed by atoms with Crippen LogP contribution in [0.25, 0.3) is 11.1 Å². The van der Waals surface area contributed by atoms with Gasteiger partial charge in [0, 0.05) is 5.92 Å². The quantitative estimate of drug-likeness (QED) is 0.236. The van der Waals surface area contributed by atoms with Gasteiger partial charge in [0.25, 0.3) is 0 Å². The summed E-state index contributed by atoms with van der Waals surface area (Å²) >= 11 is 0. The van der Waals surface area contributed by atoms with Crippen LogP contribution in [0.1, 0.15) is 100 Å². The highest BCUT2D eigenvalue weighted by molar-refractivity contribution is 5.65. The molecule has 0 bridgehead atoms. The molecule has 0 radical (unpaired) electrons. The zero-order valence-electron chi connectivity index (χ0n) is 24.9. The van der Waals surface area contributed by atoms with E-state index in [-0.39, 0.29) is 5.41 Å². The Morgan fingerprint density at radius 3 is 1.58 bits per heavy atom. The van der Waals surface area contributed by atoms with Crippen molar-refractivity contribution in [1.29, 1.82) is 0 Å². The Bertz CT molecular complexity index is 1320. The molecule has 0 saturated carbocycles. The molecule has 4 rings (SSSR count). The van der Waals surface area contributed by atoms with E-state index in [9.17, 15) is 0 Å². The molecular weight excluding hydrogens is 456 g/mol. The molecule has 0 fully saturated rings. The minimum atomic E-state index is 0.191. The average molecular weight is 503 g/mol. The predicted molar refractivity (Wildman–Crippen MR) is 166 cm³/mol. The molecule has 0 aliphatic rings. The van der Waals surface area contributed by atoms with E-state index in [1.165, 1.54) is 50.1 Å². The van der Waals surface area contributed by atoms with Gasteiger partial charge in [-0.25, -0.2) is 0 Å². The Morgan fingerprint density at radius 2 is 1.08 bits per heavy atom. The van der Waals surface area contributed by atoms with Crippen LogP contribution in [0.5, 0.6) is 0 Å². The zero-order chi connectivity index (χ0) is 27.5. The summed E-state index contributed by atoms with van der Waals surface area (Å²) in [6.07, 6.45) is 3.16. The van der Waals surface area contributed by atoms with Crippen LogP contribution >= 0.6 is 0 Å². The van der Waals surface area contributed by atoms with E-state index >= 15 is 0 Å². The molecule has 198 valence electrons. The molecule has 38 heavy (non-hydrogen) atoms. The molecule has 0 saturated heterocycles. The molecule has 0 aliphatic heterocycles. The molecule has 0 heteroatoms. The molecule has 4 aromatic carbocycles. The zero-order valence-corrected chi connectivity index (χ0v) is 24.9. The highest BCUT2D eigenvalue weighted by Crippen LogP contribution is 2.30. The number of hydrogen-bond acceptors (Lipinski definition) is 0. The smallest absolute Gasteiger partial charge is 0.00610 e. The summed E-state index contributed by atoms with van der Waals surface area (Å²) in [5.74, 6) is 0.389. The van der Waals surface area contributed by atoms with Gasteiger partial charge in [0.15, 0.2) is 0 Å². The Morgan fingerprint density at radius 1 is 0.579 bits per heavy atom. The van der Waals surface area contributed by atoms with Crippen LogP contribution in [0, 0.1) is 5.41 Å². The summed E-state index contributed by atoms with van der Waals surface area (Å²) in [6, 6.07) is 34.5. The summed E-state index contributed by atoms with van der Waals surface area (Å²) in [5.41, 5.74) is 12.9. The molecule has 1 atom stereocenters. The molecule has 0 N–H and O–H groups in total. The van der Waals surface area contributed by atoms with Crippen LogP contribution < -0.4 is 0 Å². The SMILES string of the molecule is CCc1cc(-c2ccc(Cc3ccc(C(C)c4ccc(C(C)(C)C)cc4)cc3)cc2)ccc1CC(C)(C)C. The largest absolute Gasteiger partial charge is 0.0613 e. The van der Waals surface area contributed by atoms with E-state index in [1.54, 1.807) is 0 Å². The van der Waals surface area contributed by atoms with Gasteiger partial charge in [0.2, 0.25) is 0 Å². The van der Waals surface area contributed by atoms with E-state index in [2.05, 4.69) is 146 Å². The van der Waals surface area contributed by atoms with Crippen molar-refractivity contribution in [3.8, 4) is 11.1 Å². The minimum absolute atomic E-state index is 0.191. The second kappa shape index (κ2) is 11.3. The first-order valence-electron chi connectivity index (χ1n) is 14.3. The second-order valence-corrected chi connectivity index (χ2v) is 13.3. The fourth-order valence-electron chi connectivity index (χ4n) is 5.32. The third kappa shape index (κ3) is 7.04. The van der Waals surface area contributed by atoms with Gasteiger partial charge in [-0.15, -0.1) is 0 Å². The van der Waals surface area contributed by atoms with E-state index in [0.717, 1.165) is 19.3 Å². The Kier molecular flexibility index (Phi) is 8.31. The average Bonchev–Trinajstić information content (AvgIpc) is 2.88. The summed E-state index contributed by atoms with van der Waals surface area (Å²) in [5, 5.41) is 0. The lowest BCUT2D eigenvalue weighted by Crippen LogP contribution is -2.11. The van der Waals surface area contributed by atoms with Crippen molar-refractivity contribution in [3.63, 3.8) is 0 Å². The highest BCUT2D eigenvalue weighted by atomic mass is 14.2. The van der Waals surface area contributed by atoms with Gasteiger partial charge in [-0.05, 0) is 80.2 Å². The van der Waals surface area contributed by atoms with Gasteiger partial charge in [-0.2, -0.15) is 0 Å². The van der Waals surface area contributed by atoms with Gasteiger partial charge in [0.05, 0.1) is 0 Å². The van der Waals surface area contributed by atoms with Crippen molar-refractivity contribution in [2.45, 2.75) is 86.0 Å². The number of aryl methyl sites for hydroxylation is 1. The Hall–Kier alpha value is -3.12. The maximum absolute atomic E-state index is 2.40. The van der Waals surface area contributed by atoms with Gasteiger partial charge in [-0.1, -0.05) is 146 Å². The molecule has 0 aromatic heterocycles. The topological polar surface area (TPSA) is 0 Å². The summed E-state index contributed by atoms with van der Waals surface area (Å²) < 4.78 is 0. The molecular formula is C38H46. The van der Waals surface area contributed by atoms with Crippen LogP contribution in [0.2, 0.25) is 0 Å². The molecule has 0 nitrogen and oxygen atoms in total. The fourth-order valence-corrected chi connectivity index (χ4v) is 5.32. The molecule has 1 unspecified atom stereocenters. The normalized spacial score (nSPS) is 12.9. The van der Waals surface area contributed by atoms with Crippen molar-refractivity contribution in [3.05, 3.63) is 130 Å². The third-order valence-corrected chi connectivity index (χ3v) is 7.76. The highest BCUT2D eigenvalue weighted by Gasteiger charge is 2.16. The van der Waals surface area contributed by atoms with Crippen LogP contribution in [0.15, 0.2) is 91.0 Å². The van der Waals surface area contributed by atoms with Crippen molar-refractivity contribution in [2.24, 2.45) is 5.41 Å². The first-order valence-corrected chi connectivity index (χ1v) is 14.3. The Balaban J connectivity index is 1.43. The lowest BCUT2D eigenvalue weighted by molar-refractivity contribution is 0.410. The summed E-state index contributed by atoms with van der Waals surface area (Å²) in [4.78, 5) is 0. The van der Waals surface area contributed by atoms with Gasteiger partial charge in [-0.3, -0.25) is 0 Å². The van der Waals surface area contributed by atoms with E-state index in [0.29, 0.717) is 11.3 Å². The number of hydrogen-bond donors (Lipinski definition) is 0. The van der Waals surface area contributed by atoms with Gasteiger partial charge >= 0.3 is 0 Å². The third-order valence-electron chi connectivity index (χ3n) is 7.76. The minimum Gasteiger partial charge on any atom is -0.0613 e.